The van der Waals surface area contributed by atoms with Crippen LogP contribution in [0.3, 0.4) is 0 Å². The van der Waals surface area contributed by atoms with Crippen molar-refractivity contribution in [1.82, 2.24) is 0 Å². The first-order chi connectivity index (χ1) is 8.66. The van der Waals surface area contributed by atoms with E-state index in [9.17, 15) is 8.42 Å². The van der Waals surface area contributed by atoms with E-state index in [4.69, 9.17) is 10.7 Å². The molecule has 6 heteroatoms. The van der Waals surface area contributed by atoms with E-state index in [-0.39, 0.29) is 4.90 Å². The minimum absolute atomic E-state index is 0.210. The fourth-order valence-electron chi connectivity index (χ4n) is 1.45. The Morgan fingerprint density at radius 1 is 0.889 bits per heavy atom. The van der Waals surface area contributed by atoms with Crippen molar-refractivity contribution in [3.8, 4) is 0 Å². The number of para-hydroxylation sites is 1. The highest BCUT2D eigenvalue weighted by molar-refractivity contribution is 8.29. The van der Waals surface area contributed by atoms with Gasteiger partial charge in [-0.2, -0.15) is 3.71 Å². The Bertz CT molecular complexity index is 602. The van der Waals surface area contributed by atoms with Crippen molar-refractivity contribution < 1.29 is 8.42 Å². The Kier molecular flexibility index (Phi) is 4.16. The summed E-state index contributed by atoms with van der Waals surface area (Å²) in [5, 5.41) is 0. The molecule has 0 atom stereocenters. The van der Waals surface area contributed by atoms with Crippen LogP contribution in [0.5, 0.6) is 0 Å². The summed E-state index contributed by atoms with van der Waals surface area (Å²) in [5.74, 6) is 0. The van der Waals surface area contributed by atoms with Crippen LogP contribution in [-0.2, 0) is 10.0 Å². The van der Waals surface area contributed by atoms with Gasteiger partial charge in [0.05, 0.1) is 21.7 Å². The molecule has 0 N–H and O–H groups in total. The number of hydrogen-bond acceptors (Lipinski definition) is 3. The second kappa shape index (κ2) is 5.65. The smallest absolute Gasteiger partial charge is 0.200 e. The van der Waals surface area contributed by atoms with Gasteiger partial charge >= 0.3 is 0 Å². The zero-order valence-electron chi connectivity index (χ0n) is 9.23. The molecule has 0 bridgehead atoms. The molecule has 0 aliphatic rings. The zero-order valence-corrected chi connectivity index (χ0v) is 11.6. The highest BCUT2D eigenvalue weighted by atomic mass is 35.7. The maximum absolute atomic E-state index is 12.4. The first-order valence-corrected chi connectivity index (χ1v) is 8.14. The molecule has 94 valence electrons. The standard InChI is InChI=1S/C12H10ClNO2S2/c13-17-14(11-7-3-1-4-8-11)18(15,16)12-9-5-2-6-10-12/h1-10H. The van der Waals surface area contributed by atoms with Crippen LogP contribution in [-0.4, -0.2) is 8.42 Å². The van der Waals surface area contributed by atoms with Crippen LogP contribution in [0.1, 0.15) is 0 Å². The Labute approximate surface area is 115 Å². The molecule has 0 saturated heterocycles. The number of hydrogen-bond donors (Lipinski definition) is 0. The minimum Gasteiger partial charge on any atom is -0.200 e. The molecule has 2 aromatic carbocycles. The summed E-state index contributed by atoms with van der Waals surface area (Å²) in [5.41, 5.74) is 0.515. The number of sulfonamides is 1. The van der Waals surface area contributed by atoms with Crippen molar-refractivity contribution in [3.63, 3.8) is 0 Å². The maximum Gasteiger partial charge on any atom is 0.274 e. The van der Waals surface area contributed by atoms with Crippen molar-refractivity contribution in [1.29, 1.82) is 0 Å². The Hall–Kier alpha value is -1.17. The van der Waals surface area contributed by atoms with Gasteiger partial charge in [-0.05, 0) is 34.9 Å². The summed E-state index contributed by atoms with van der Waals surface area (Å²) in [4.78, 5) is 0.210. The van der Waals surface area contributed by atoms with Gasteiger partial charge in [0.25, 0.3) is 10.0 Å². The van der Waals surface area contributed by atoms with Gasteiger partial charge in [0.15, 0.2) is 0 Å². The van der Waals surface area contributed by atoms with E-state index in [1.165, 1.54) is 0 Å². The molecule has 0 aromatic heterocycles. The number of anilines is 1. The maximum atomic E-state index is 12.4. The molecular weight excluding hydrogens is 290 g/mol. The molecule has 0 heterocycles. The van der Waals surface area contributed by atoms with Crippen molar-refractivity contribution in [3.05, 3.63) is 60.7 Å². The first kappa shape index (κ1) is 13.3. The van der Waals surface area contributed by atoms with Crippen LogP contribution in [0.4, 0.5) is 5.69 Å². The van der Waals surface area contributed by atoms with Gasteiger partial charge in [-0.15, -0.1) is 0 Å². The molecule has 3 nitrogen and oxygen atoms in total. The van der Waals surface area contributed by atoms with Gasteiger partial charge in [0.1, 0.15) is 0 Å². The lowest BCUT2D eigenvalue weighted by Gasteiger charge is -2.19. The van der Waals surface area contributed by atoms with E-state index in [2.05, 4.69) is 0 Å². The van der Waals surface area contributed by atoms with Crippen molar-refractivity contribution in [2.45, 2.75) is 4.90 Å². The lowest BCUT2D eigenvalue weighted by molar-refractivity contribution is 0.598. The number of halogens is 1. The first-order valence-electron chi connectivity index (χ1n) is 5.10. The van der Waals surface area contributed by atoms with Gasteiger partial charge < -0.3 is 0 Å². The largest absolute Gasteiger partial charge is 0.274 e. The SMILES string of the molecule is O=S(=O)(c1ccccc1)N(SCl)c1ccccc1. The third-order valence-electron chi connectivity index (χ3n) is 2.29. The second-order valence-electron chi connectivity index (χ2n) is 3.45. The summed E-state index contributed by atoms with van der Waals surface area (Å²) in [6, 6.07) is 16.9. The van der Waals surface area contributed by atoms with Gasteiger partial charge in [-0.1, -0.05) is 36.4 Å². The highest BCUT2D eigenvalue weighted by Crippen LogP contribution is 2.31. The Morgan fingerprint density at radius 3 is 1.89 bits per heavy atom. The number of benzene rings is 2. The lowest BCUT2D eigenvalue weighted by atomic mass is 10.3. The summed E-state index contributed by atoms with van der Waals surface area (Å²) in [7, 11) is 2.06. The summed E-state index contributed by atoms with van der Waals surface area (Å²) in [6.45, 7) is 0. The van der Waals surface area contributed by atoms with Gasteiger partial charge in [0.2, 0.25) is 0 Å². The van der Waals surface area contributed by atoms with Crippen molar-refractivity contribution >= 4 is 37.6 Å². The van der Waals surface area contributed by atoms with E-state index in [1.807, 2.05) is 6.07 Å². The van der Waals surface area contributed by atoms with Crippen LogP contribution in [0.15, 0.2) is 65.6 Å². The normalized spacial score (nSPS) is 11.2. The quantitative estimate of drug-likeness (QED) is 0.808. The Balaban J connectivity index is 2.46. The number of nitrogens with zero attached hydrogens (tertiary/aromatic N) is 1. The van der Waals surface area contributed by atoms with Crippen molar-refractivity contribution in [2.24, 2.45) is 0 Å². The van der Waals surface area contributed by atoms with E-state index in [0.29, 0.717) is 16.8 Å². The summed E-state index contributed by atoms with van der Waals surface area (Å²) < 4.78 is 25.9. The van der Waals surface area contributed by atoms with E-state index >= 15 is 0 Å². The monoisotopic (exact) mass is 299 g/mol. The van der Waals surface area contributed by atoms with Crippen LogP contribution >= 0.6 is 21.8 Å². The lowest BCUT2D eigenvalue weighted by Crippen LogP contribution is -2.22. The van der Waals surface area contributed by atoms with E-state index < -0.39 is 10.0 Å². The van der Waals surface area contributed by atoms with Crippen LogP contribution in [0.25, 0.3) is 0 Å². The Morgan fingerprint density at radius 2 is 1.39 bits per heavy atom. The summed E-state index contributed by atoms with van der Waals surface area (Å²) >= 11 is 0.642. The molecule has 0 aliphatic carbocycles. The molecule has 0 amide bonds. The van der Waals surface area contributed by atoms with Crippen LogP contribution in [0, 0.1) is 0 Å². The van der Waals surface area contributed by atoms with Crippen LogP contribution < -0.4 is 3.71 Å². The fraction of sp³-hybridized carbons (Fsp3) is 0. The van der Waals surface area contributed by atoms with Gasteiger partial charge in [-0.25, -0.2) is 8.42 Å². The third kappa shape index (κ3) is 2.63. The van der Waals surface area contributed by atoms with E-state index in [1.54, 1.807) is 54.6 Å². The predicted octanol–water partition coefficient (Wildman–Crippen LogP) is 3.68. The fourth-order valence-corrected chi connectivity index (χ4v) is 4.21. The minimum atomic E-state index is -3.64. The average Bonchev–Trinajstić information content (AvgIpc) is 2.41. The molecule has 0 unspecified atom stereocenters. The molecule has 18 heavy (non-hydrogen) atoms. The predicted molar refractivity (Wildman–Crippen MR) is 76.0 cm³/mol. The molecule has 0 fully saturated rings. The topological polar surface area (TPSA) is 37.4 Å². The molecule has 0 radical (unpaired) electrons. The van der Waals surface area contributed by atoms with Crippen LogP contribution in [0.2, 0.25) is 0 Å². The second-order valence-corrected chi connectivity index (χ2v) is 6.38. The molecule has 2 aromatic rings. The zero-order chi connectivity index (χ0) is 13.0. The molecule has 0 aliphatic heterocycles. The van der Waals surface area contributed by atoms with Gasteiger partial charge in [0, 0.05) is 0 Å². The van der Waals surface area contributed by atoms with E-state index in [0.717, 1.165) is 3.71 Å². The van der Waals surface area contributed by atoms with Gasteiger partial charge in [-0.3, -0.25) is 0 Å². The molecular formula is C12H10ClNO2S2. The average molecular weight is 300 g/mol. The number of rotatable bonds is 4. The highest BCUT2D eigenvalue weighted by Gasteiger charge is 2.24. The molecule has 0 spiro atoms. The summed E-state index contributed by atoms with van der Waals surface area (Å²) in [6.07, 6.45) is 0. The third-order valence-corrected chi connectivity index (χ3v) is 5.61. The molecule has 2 rings (SSSR count). The molecule has 0 saturated carbocycles. The van der Waals surface area contributed by atoms with Crippen molar-refractivity contribution in [2.75, 3.05) is 3.71 Å².